The minimum Gasteiger partial charge on any atom is -0.339 e. The highest BCUT2D eigenvalue weighted by Gasteiger charge is 2.24. The monoisotopic (exact) mass is 467 g/mol. The van der Waals surface area contributed by atoms with Gasteiger partial charge in [0.25, 0.3) is 5.56 Å². The number of thiophene rings is 1. The van der Waals surface area contributed by atoms with Crippen molar-refractivity contribution in [2.24, 2.45) is 5.92 Å². The van der Waals surface area contributed by atoms with Crippen molar-refractivity contribution in [2.75, 3.05) is 5.75 Å². The molecule has 0 spiro atoms. The van der Waals surface area contributed by atoms with Crippen LogP contribution in [0.5, 0.6) is 0 Å². The van der Waals surface area contributed by atoms with Gasteiger partial charge >= 0.3 is 0 Å². The molecular weight excluding hydrogens is 442 g/mol. The molecule has 1 atom stereocenters. The Kier molecular flexibility index (Phi) is 6.10. The van der Waals surface area contributed by atoms with Gasteiger partial charge in [-0.1, -0.05) is 23.8 Å². The number of hydrogen-bond donors (Lipinski definition) is 0. The van der Waals surface area contributed by atoms with E-state index >= 15 is 0 Å². The summed E-state index contributed by atoms with van der Waals surface area (Å²) in [6.07, 6.45) is 8.19. The van der Waals surface area contributed by atoms with E-state index in [4.69, 9.17) is 9.51 Å². The van der Waals surface area contributed by atoms with E-state index in [2.05, 4.69) is 22.0 Å². The van der Waals surface area contributed by atoms with E-state index in [1.54, 1.807) is 35.5 Å². The Bertz CT molecular complexity index is 1300. The lowest BCUT2D eigenvalue weighted by atomic mass is 9.89. The van der Waals surface area contributed by atoms with Crippen LogP contribution in [0.2, 0.25) is 0 Å². The lowest BCUT2D eigenvalue weighted by molar-refractivity contribution is 0.378. The van der Waals surface area contributed by atoms with Crippen molar-refractivity contribution >= 4 is 33.3 Å². The van der Waals surface area contributed by atoms with Crippen molar-refractivity contribution in [1.29, 1.82) is 0 Å². The summed E-state index contributed by atoms with van der Waals surface area (Å²) in [7, 11) is 0. The number of thioether (sulfide) groups is 1. The zero-order valence-corrected chi connectivity index (χ0v) is 19.8. The Morgan fingerprint density at radius 3 is 2.94 bits per heavy atom. The van der Waals surface area contributed by atoms with Gasteiger partial charge in [-0.25, -0.2) is 4.98 Å². The van der Waals surface area contributed by atoms with E-state index in [1.807, 2.05) is 23.6 Å². The molecule has 4 aromatic heterocycles. The van der Waals surface area contributed by atoms with Crippen molar-refractivity contribution in [2.45, 2.75) is 57.7 Å². The molecule has 9 heteroatoms. The standard InChI is InChI=1S/C23H25N5O2S2/c1-3-28-22(29)19-16-7-6-14(2)13-17(16)32-21(19)26-23(28)31-12-4-5-18-25-20(27-30-18)15-8-10-24-11-9-15/h8-11,14H,3-7,12-13H2,1-2H3. The van der Waals surface area contributed by atoms with E-state index in [9.17, 15) is 4.79 Å². The molecule has 1 unspecified atom stereocenters. The minimum atomic E-state index is 0.117. The molecule has 0 N–H and O–H groups in total. The highest BCUT2D eigenvalue weighted by molar-refractivity contribution is 7.99. The van der Waals surface area contributed by atoms with Gasteiger partial charge in [-0.15, -0.1) is 11.3 Å². The van der Waals surface area contributed by atoms with Crippen molar-refractivity contribution in [3.05, 3.63) is 51.2 Å². The lowest BCUT2D eigenvalue weighted by Gasteiger charge is -2.17. The van der Waals surface area contributed by atoms with Crippen LogP contribution in [0.15, 0.2) is 39.0 Å². The summed E-state index contributed by atoms with van der Waals surface area (Å²) < 4.78 is 7.21. The number of pyridine rings is 1. The molecule has 32 heavy (non-hydrogen) atoms. The number of hydrogen-bond acceptors (Lipinski definition) is 8. The van der Waals surface area contributed by atoms with E-state index in [0.29, 0.717) is 30.6 Å². The van der Waals surface area contributed by atoms with Crippen LogP contribution in [0, 0.1) is 5.92 Å². The molecule has 0 fully saturated rings. The molecule has 1 aliphatic rings. The molecule has 0 amide bonds. The van der Waals surface area contributed by atoms with Crippen LogP contribution in [-0.4, -0.2) is 30.4 Å². The van der Waals surface area contributed by atoms with Crippen LogP contribution in [0.25, 0.3) is 21.6 Å². The average molecular weight is 468 g/mol. The predicted octanol–water partition coefficient (Wildman–Crippen LogP) is 4.77. The number of aryl methyl sites for hydroxylation is 2. The molecule has 0 bridgehead atoms. The highest BCUT2D eigenvalue weighted by Crippen LogP contribution is 2.36. The molecule has 0 saturated carbocycles. The molecule has 5 rings (SSSR count). The van der Waals surface area contributed by atoms with Gasteiger partial charge in [-0.2, -0.15) is 4.98 Å². The summed E-state index contributed by atoms with van der Waals surface area (Å²) in [4.78, 5) is 28.9. The molecule has 166 valence electrons. The van der Waals surface area contributed by atoms with Crippen LogP contribution in [0.1, 0.15) is 43.0 Å². The Hall–Kier alpha value is -2.52. The minimum absolute atomic E-state index is 0.117. The first-order chi connectivity index (χ1) is 15.6. The molecule has 0 aliphatic heterocycles. The fourth-order valence-corrected chi connectivity index (χ4v) is 6.58. The van der Waals surface area contributed by atoms with Gasteiger partial charge in [0.1, 0.15) is 4.83 Å². The molecule has 1 aliphatic carbocycles. The summed E-state index contributed by atoms with van der Waals surface area (Å²) in [5, 5.41) is 5.72. The molecule has 0 radical (unpaired) electrons. The van der Waals surface area contributed by atoms with Crippen LogP contribution >= 0.6 is 23.1 Å². The Morgan fingerprint density at radius 2 is 2.12 bits per heavy atom. The molecule has 0 aromatic carbocycles. The third-order valence-electron chi connectivity index (χ3n) is 5.87. The second-order valence-corrected chi connectivity index (χ2v) is 10.3. The van der Waals surface area contributed by atoms with Crippen LogP contribution in [-0.2, 0) is 25.8 Å². The molecule has 4 aromatic rings. The Labute approximate surface area is 194 Å². The normalized spacial score (nSPS) is 15.9. The Morgan fingerprint density at radius 1 is 1.28 bits per heavy atom. The quantitative estimate of drug-likeness (QED) is 0.220. The molecule has 7 nitrogen and oxygen atoms in total. The predicted molar refractivity (Wildman–Crippen MR) is 127 cm³/mol. The Balaban J connectivity index is 1.28. The third kappa shape index (κ3) is 4.11. The summed E-state index contributed by atoms with van der Waals surface area (Å²) in [6.45, 7) is 4.93. The first kappa shape index (κ1) is 21.3. The summed E-state index contributed by atoms with van der Waals surface area (Å²) in [6, 6.07) is 3.72. The molecule has 0 saturated heterocycles. The van der Waals surface area contributed by atoms with Gasteiger partial charge in [0, 0.05) is 41.6 Å². The maximum Gasteiger partial charge on any atom is 0.263 e. The van der Waals surface area contributed by atoms with Crippen molar-refractivity contribution in [3.63, 3.8) is 0 Å². The maximum absolute atomic E-state index is 13.3. The van der Waals surface area contributed by atoms with E-state index < -0.39 is 0 Å². The maximum atomic E-state index is 13.3. The SMILES string of the molecule is CCn1c(SCCCc2nc(-c3ccncc3)no2)nc2sc3c(c2c1=O)CCC(C)C3. The van der Waals surface area contributed by atoms with Crippen molar-refractivity contribution < 1.29 is 4.52 Å². The van der Waals surface area contributed by atoms with Gasteiger partial charge in [0.15, 0.2) is 5.16 Å². The van der Waals surface area contributed by atoms with Gasteiger partial charge in [-0.05, 0) is 56.2 Å². The summed E-state index contributed by atoms with van der Waals surface area (Å²) >= 11 is 3.34. The van der Waals surface area contributed by atoms with Crippen LogP contribution in [0.3, 0.4) is 0 Å². The van der Waals surface area contributed by atoms with E-state index in [-0.39, 0.29) is 5.56 Å². The van der Waals surface area contributed by atoms with E-state index in [1.165, 1.54) is 10.4 Å². The second kappa shape index (κ2) is 9.15. The highest BCUT2D eigenvalue weighted by atomic mass is 32.2. The number of nitrogens with zero attached hydrogens (tertiary/aromatic N) is 5. The van der Waals surface area contributed by atoms with Crippen LogP contribution in [0.4, 0.5) is 0 Å². The van der Waals surface area contributed by atoms with Crippen molar-refractivity contribution in [3.8, 4) is 11.4 Å². The zero-order valence-electron chi connectivity index (χ0n) is 18.2. The first-order valence-corrected chi connectivity index (χ1v) is 12.8. The number of rotatable bonds is 7. The third-order valence-corrected chi connectivity index (χ3v) is 8.08. The number of fused-ring (bicyclic) bond motifs is 3. The fourth-order valence-electron chi connectivity index (χ4n) is 4.16. The smallest absolute Gasteiger partial charge is 0.263 e. The number of aromatic nitrogens is 5. The largest absolute Gasteiger partial charge is 0.339 e. The van der Waals surface area contributed by atoms with Gasteiger partial charge < -0.3 is 4.52 Å². The summed E-state index contributed by atoms with van der Waals surface area (Å²) in [5.74, 6) is 2.71. The van der Waals surface area contributed by atoms with Gasteiger partial charge in [-0.3, -0.25) is 14.3 Å². The zero-order chi connectivity index (χ0) is 22.1. The topological polar surface area (TPSA) is 86.7 Å². The lowest BCUT2D eigenvalue weighted by Crippen LogP contribution is -2.23. The average Bonchev–Trinajstić information content (AvgIpc) is 3.41. The van der Waals surface area contributed by atoms with Gasteiger partial charge in [0.05, 0.1) is 5.39 Å². The molecular formula is C23H25N5O2S2. The fraction of sp³-hybridized carbons (Fsp3) is 0.435. The molecule has 4 heterocycles. The van der Waals surface area contributed by atoms with Crippen LogP contribution < -0.4 is 5.56 Å². The summed E-state index contributed by atoms with van der Waals surface area (Å²) in [5.41, 5.74) is 2.26. The van der Waals surface area contributed by atoms with Gasteiger partial charge in [0.2, 0.25) is 11.7 Å². The van der Waals surface area contributed by atoms with Crippen molar-refractivity contribution in [1.82, 2.24) is 24.7 Å². The first-order valence-electron chi connectivity index (χ1n) is 11.0. The van der Waals surface area contributed by atoms with E-state index in [0.717, 1.165) is 52.4 Å². The second-order valence-electron chi connectivity index (χ2n) is 8.18.